The molecule has 1 aliphatic carbocycles. The molecule has 2 aromatic carbocycles. The van der Waals surface area contributed by atoms with Gasteiger partial charge in [0.1, 0.15) is 11.5 Å². The Hall–Kier alpha value is -3.34. The molecule has 1 aromatic heterocycles. The molecule has 0 radical (unpaired) electrons. The first-order valence-corrected chi connectivity index (χ1v) is 8.67. The number of carbonyl (C=O) groups is 1. The van der Waals surface area contributed by atoms with Gasteiger partial charge >= 0.3 is 0 Å². The third-order valence-corrected chi connectivity index (χ3v) is 4.86. The van der Waals surface area contributed by atoms with E-state index in [0.717, 1.165) is 28.8 Å². The minimum Gasteiger partial charge on any atom is -0.545 e. The van der Waals surface area contributed by atoms with E-state index in [1.54, 1.807) is 20.3 Å². The third-order valence-electron chi connectivity index (χ3n) is 4.86. The van der Waals surface area contributed by atoms with Crippen LogP contribution < -0.4 is 14.6 Å². The molecule has 4 rings (SSSR count). The van der Waals surface area contributed by atoms with Gasteiger partial charge < -0.3 is 19.4 Å². The van der Waals surface area contributed by atoms with Gasteiger partial charge in [0.15, 0.2) is 0 Å². The van der Waals surface area contributed by atoms with E-state index in [0.29, 0.717) is 28.8 Å². The zero-order valence-corrected chi connectivity index (χ0v) is 15.1. The number of rotatable bonds is 4. The summed E-state index contributed by atoms with van der Waals surface area (Å²) in [6.07, 6.45) is 3.36. The molecule has 0 fully saturated rings. The van der Waals surface area contributed by atoms with Crippen LogP contribution in [-0.2, 0) is 6.42 Å². The van der Waals surface area contributed by atoms with Gasteiger partial charge in [-0.05, 0) is 53.8 Å². The maximum absolute atomic E-state index is 11.8. The molecule has 0 bridgehead atoms. The second-order valence-corrected chi connectivity index (χ2v) is 6.43. The van der Waals surface area contributed by atoms with Crippen LogP contribution >= 0.6 is 0 Å². The summed E-state index contributed by atoms with van der Waals surface area (Å²) in [6, 6.07) is 12.9. The zero-order valence-electron chi connectivity index (χ0n) is 15.1. The van der Waals surface area contributed by atoms with E-state index in [2.05, 4.69) is 0 Å². The van der Waals surface area contributed by atoms with Gasteiger partial charge in [-0.3, -0.25) is 0 Å². The Bertz CT molecular complexity index is 1060. The number of fused-ring (bicyclic) bond motifs is 2. The number of hydrogen-bond donors (Lipinski definition) is 0. The van der Waals surface area contributed by atoms with Gasteiger partial charge in [0.2, 0.25) is 0 Å². The summed E-state index contributed by atoms with van der Waals surface area (Å²) in [7, 11) is 3.22. The molecular formula is C22H18NO4-. The monoisotopic (exact) mass is 360 g/mol. The van der Waals surface area contributed by atoms with Crippen molar-refractivity contribution in [2.45, 2.75) is 12.8 Å². The number of carboxylic acid groups (broad SMARTS) is 1. The summed E-state index contributed by atoms with van der Waals surface area (Å²) in [6.45, 7) is 0. The van der Waals surface area contributed by atoms with E-state index in [9.17, 15) is 9.90 Å². The van der Waals surface area contributed by atoms with Crippen LogP contribution in [0.25, 0.3) is 22.6 Å². The maximum atomic E-state index is 11.8. The lowest BCUT2D eigenvalue weighted by Crippen LogP contribution is -2.24. The number of allylic oxidation sites excluding steroid dienone is 1. The molecule has 0 aliphatic heterocycles. The Morgan fingerprint density at radius 1 is 1.07 bits per heavy atom. The minimum atomic E-state index is -1.16. The van der Waals surface area contributed by atoms with Crippen molar-refractivity contribution in [2.24, 2.45) is 0 Å². The van der Waals surface area contributed by atoms with Gasteiger partial charge in [0.05, 0.1) is 31.4 Å². The zero-order chi connectivity index (χ0) is 19.0. The van der Waals surface area contributed by atoms with Crippen molar-refractivity contribution in [3.8, 4) is 11.5 Å². The topological polar surface area (TPSA) is 71.5 Å². The van der Waals surface area contributed by atoms with Gasteiger partial charge in [-0.2, -0.15) is 0 Å². The number of ether oxygens (including phenoxy) is 2. The normalized spacial score (nSPS) is 14.4. The van der Waals surface area contributed by atoms with Crippen LogP contribution in [0.4, 0.5) is 0 Å². The Labute approximate surface area is 156 Å². The summed E-state index contributed by atoms with van der Waals surface area (Å²) in [4.78, 5) is 16.6. The summed E-state index contributed by atoms with van der Waals surface area (Å²) in [5.74, 6) is 0.233. The van der Waals surface area contributed by atoms with Crippen molar-refractivity contribution in [2.75, 3.05) is 14.2 Å². The van der Waals surface area contributed by atoms with E-state index in [4.69, 9.17) is 14.5 Å². The van der Waals surface area contributed by atoms with Crippen molar-refractivity contribution in [3.05, 3.63) is 64.8 Å². The molecule has 0 N–H and O–H groups in total. The Morgan fingerprint density at radius 3 is 2.44 bits per heavy atom. The molecule has 5 heteroatoms. The van der Waals surface area contributed by atoms with E-state index >= 15 is 0 Å². The van der Waals surface area contributed by atoms with Crippen LogP contribution in [0.1, 0.15) is 33.6 Å². The van der Waals surface area contributed by atoms with Gasteiger partial charge in [-0.15, -0.1) is 0 Å². The number of carboxylic acids is 1. The molecule has 136 valence electrons. The van der Waals surface area contributed by atoms with Gasteiger partial charge in [-0.1, -0.05) is 18.2 Å². The van der Waals surface area contributed by atoms with Crippen LogP contribution in [-0.4, -0.2) is 25.2 Å². The molecule has 0 saturated carbocycles. The number of aromatic nitrogens is 1. The molecule has 0 spiro atoms. The van der Waals surface area contributed by atoms with Crippen LogP contribution in [0.2, 0.25) is 0 Å². The number of benzene rings is 2. The second kappa shape index (κ2) is 6.76. The summed E-state index contributed by atoms with van der Waals surface area (Å²) < 4.78 is 10.7. The highest BCUT2D eigenvalue weighted by molar-refractivity contribution is 6.05. The van der Waals surface area contributed by atoms with Crippen LogP contribution in [0.15, 0.2) is 42.5 Å². The maximum Gasteiger partial charge on any atom is 0.123 e. The predicted molar refractivity (Wildman–Crippen MR) is 102 cm³/mol. The minimum absolute atomic E-state index is 0.252. The molecule has 0 unspecified atom stereocenters. The third kappa shape index (κ3) is 3.01. The van der Waals surface area contributed by atoms with Gasteiger partial charge in [0, 0.05) is 17.0 Å². The van der Waals surface area contributed by atoms with Crippen molar-refractivity contribution in [1.82, 2.24) is 4.98 Å². The molecule has 1 heterocycles. The fraction of sp³-hybridized carbons (Fsp3) is 0.182. The molecule has 0 saturated heterocycles. The number of pyridine rings is 1. The van der Waals surface area contributed by atoms with Crippen LogP contribution in [0.5, 0.6) is 11.5 Å². The summed E-state index contributed by atoms with van der Waals surface area (Å²) in [5.41, 5.74) is 4.30. The molecule has 1 aliphatic rings. The smallest absolute Gasteiger partial charge is 0.123 e. The van der Waals surface area contributed by atoms with Crippen LogP contribution in [0.3, 0.4) is 0 Å². The van der Waals surface area contributed by atoms with Crippen LogP contribution in [0, 0.1) is 0 Å². The number of aromatic carboxylic acids is 1. The standard InChI is InChI=1S/C22H19NO4/c1-26-15-10-13(11-16(12-15)27-2)9-14-7-8-18-20(22(24)25)17-5-3-4-6-19(17)23-21(14)18/h3-6,9-12H,7-8H2,1-2H3,(H,24,25)/p-1/b14-9+. The number of hydrogen-bond acceptors (Lipinski definition) is 5. The molecule has 5 nitrogen and oxygen atoms in total. The lowest BCUT2D eigenvalue weighted by atomic mass is 10.0. The molecule has 0 amide bonds. The van der Waals surface area contributed by atoms with Crippen molar-refractivity contribution < 1.29 is 19.4 Å². The summed E-state index contributed by atoms with van der Waals surface area (Å²) in [5, 5.41) is 12.4. The quantitative estimate of drug-likeness (QED) is 0.715. The summed E-state index contributed by atoms with van der Waals surface area (Å²) >= 11 is 0. The molecule has 3 aromatic rings. The van der Waals surface area contributed by atoms with Crippen molar-refractivity contribution >= 4 is 28.5 Å². The molecule has 0 atom stereocenters. The fourth-order valence-electron chi connectivity index (χ4n) is 3.63. The Balaban J connectivity index is 1.89. The SMILES string of the molecule is COc1cc(/C=C2\CCc3c2nc2ccccc2c3C(=O)[O-])cc(OC)c1. The highest BCUT2D eigenvalue weighted by atomic mass is 16.5. The van der Waals surface area contributed by atoms with Gasteiger partial charge in [0.25, 0.3) is 0 Å². The lowest BCUT2D eigenvalue weighted by molar-refractivity contribution is -0.254. The Kier molecular flexibility index (Phi) is 4.28. The van der Waals surface area contributed by atoms with E-state index in [1.165, 1.54) is 0 Å². The second-order valence-electron chi connectivity index (χ2n) is 6.43. The average molecular weight is 360 g/mol. The average Bonchev–Trinajstić information content (AvgIpc) is 3.07. The van der Waals surface area contributed by atoms with Crippen molar-refractivity contribution in [3.63, 3.8) is 0 Å². The lowest BCUT2D eigenvalue weighted by Gasteiger charge is -2.13. The fourth-order valence-corrected chi connectivity index (χ4v) is 3.63. The predicted octanol–water partition coefficient (Wildman–Crippen LogP) is 3.10. The number of carbonyl (C=O) groups excluding carboxylic acids is 1. The molecule has 27 heavy (non-hydrogen) atoms. The Morgan fingerprint density at radius 2 is 1.78 bits per heavy atom. The first kappa shape index (κ1) is 17.1. The number of nitrogens with zero attached hydrogens (tertiary/aromatic N) is 1. The number of methoxy groups -OCH3 is 2. The van der Waals surface area contributed by atoms with Crippen molar-refractivity contribution in [1.29, 1.82) is 0 Å². The highest BCUT2D eigenvalue weighted by Gasteiger charge is 2.24. The highest BCUT2D eigenvalue weighted by Crippen LogP contribution is 2.38. The van der Waals surface area contributed by atoms with E-state index in [-0.39, 0.29) is 5.56 Å². The van der Waals surface area contributed by atoms with Gasteiger partial charge in [-0.25, -0.2) is 4.98 Å². The first-order valence-electron chi connectivity index (χ1n) is 8.67. The largest absolute Gasteiger partial charge is 0.545 e. The number of para-hydroxylation sites is 1. The van der Waals surface area contributed by atoms with E-state index < -0.39 is 5.97 Å². The first-order chi connectivity index (χ1) is 13.1. The van der Waals surface area contributed by atoms with E-state index in [1.807, 2.05) is 42.5 Å². The molecular weight excluding hydrogens is 342 g/mol.